The van der Waals surface area contributed by atoms with Crippen LogP contribution in [0.5, 0.6) is 0 Å². The van der Waals surface area contributed by atoms with Gasteiger partial charge in [-0.25, -0.2) is 0 Å². The van der Waals surface area contributed by atoms with Crippen molar-refractivity contribution in [1.82, 2.24) is 0 Å². The number of fused-ring (bicyclic) bond motifs is 3. The first-order chi connectivity index (χ1) is 17.0. The van der Waals surface area contributed by atoms with E-state index in [0.29, 0.717) is 0 Å². The van der Waals surface area contributed by atoms with Gasteiger partial charge in [0.25, 0.3) is 0 Å². The quantitative estimate of drug-likeness (QED) is 0.263. The Morgan fingerprint density at radius 2 is 1.09 bits per heavy atom. The molecule has 0 amide bonds. The van der Waals surface area contributed by atoms with E-state index in [2.05, 4.69) is 147 Å². The Morgan fingerprint density at radius 3 is 1.86 bits per heavy atom. The van der Waals surface area contributed by atoms with Gasteiger partial charge in [0.15, 0.2) is 0 Å². The zero-order valence-corrected chi connectivity index (χ0v) is 20.5. The Morgan fingerprint density at radius 1 is 0.486 bits per heavy atom. The second-order valence-electron chi connectivity index (χ2n) is 9.92. The van der Waals surface area contributed by atoms with Crippen LogP contribution in [0, 0.1) is 0 Å². The molecule has 0 unspecified atom stereocenters. The third kappa shape index (κ3) is 3.56. The summed E-state index contributed by atoms with van der Waals surface area (Å²) in [6.45, 7) is 4.68. The minimum absolute atomic E-state index is 0.00232. The Bertz CT molecular complexity index is 1510. The lowest BCUT2D eigenvalue weighted by Gasteiger charge is -2.24. The molecule has 0 atom stereocenters. The van der Waals surface area contributed by atoms with Crippen LogP contribution in [0.3, 0.4) is 0 Å². The first kappa shape index (κ1) is 21.4. The van der Waals surface area contributed by atoms with Crippen LogP contribution in [0.4, 0.5) is 11.4 Å². The Hall–Kier alpha value is -4.10. The molecule has 0 saturated heterocycles. The van der Waals surface area contributed by atoms with Crippen molar-refractivity contribution < 1.29 is 0 Å². The molecule has 0 saturated carbocycles. The number of nitrogens with zero attached hydrogens (tertiary/aromatic N) is 1. The molecule has 0 fully saturated rings. The number of anilines is 2. The Labute approximate surface area is 208 Å². The second-order valence-corrected chi connectivity index (χ2v) is 9.92. The fourth-order valence-corrected chi connectivity index (χ4v) is 5.53. The normalized spacial score (nSPS) is 13.2. The topological polar surface area (TPSA) is 3.24 Å². The lowest BCUT2D eigenvalue weighted by molar-refractivity contribution is 0.660. The van der Waals surface area contributed by atoms with Crippen molar-refractivity contribution in [3.8, 4) is 33.4 Å². The van der Waals surface area contributed by atoms with Crippen LogP contribution in [0.25, 0.3) is 33.4 Å². The van der Waals surface area contributed by atoms with E-state index in [1.165, 1.54) is 55.9 Å². The van der Waals surface area contributed by atoms with Crippen molar-refractivity contribution >= 4 is 11.4 Å². The SMILES string of the molecule is CN(c1ccccc1)c1ccc(-c2ccc3c(c2)C(C)(C)c2ccccc2-3)cc1-c1ccccc1. The van der Waals surface area contributed by atoms with Crippen LogP contribution >= 0.6 is 0 Å². The van der Waals surface area contributed by atoms with E-state index < -0.39 is 0 Å². The van der Waals surface area contributed by atoms with E-state index in [-0.39, 0.29) is 5.41 Å². The number of benzene rings is 5. The average Bonchev–Trinajstić information content (AvgIpc) is 3.15. The molecule has 1 nitrogen and oxygen atoms in total. The van der Waals surface area contributed by atoms with E-state index in [1.807, 2.05) is 0 Å². The first-order valence-corrected chi connectivity index (χ1v) is 12.3. The van der Waals surface area contributed by atoms with E-state index in [9.17, 15) is 0 Å². The van der Waals surface area contributed by atoms with Crippen molar-refractivity contribution in [2.24, 2.45) is 0 Å². The molecule has 5 aromatic carbocycles. The van der Waals surface area contributed by atoms with Crippen molar-refractivity contribution in [3.63, 3.8) is 0 Å². The highest BCUT2D eigenvalue weighted by Crippen LogP contribution is 2.49. The van der Waals surface area contributed by atoms with Crippen molar-refractivity contribution in [2.75, 3.05) is 11.9 Å². The fraction of sp³-hybridized carbons (Fsp3) is 0.118. The van der Waals surface area contributed by atoms with Gasteiger partial charge in [-0.1, -0.05) is 105 Å². The van der Waals surface area contributed by atoms with Crippen molar-refractivity contribution in [2.45, 2.75) is 19.3 Å². The molecule has 5 aromatic rings. The van der Waals surface area contributed by atoms with Crippen LogP contribution in [0.2, 0.25) is 0 Å². The van der Waals surface area contributed by atoms with E-state index in [4.69, 9.17) is 0 Å². The first-order valence-electron chi connectivity index (χ1n) is 12.3. The number of hydrogen-bond acceptors (Lipinski definition) is 1. The van der Waals surface area contributed by atoms with Gasteiger partial charge in [0.05, 0.1) is 0 Å². The highest BCUT2D eigenvalue weighted by molar-refractivity contribution is 5.88. The largest absolute Gasteiger partial charge is 0.344 e. The zero-order chi connectivity index (χ0) is 24.0. The summed E-state index contributed by atoms with van der Waals surface area (Å²) in [5.41, 5.74) is 12.9. The highest BCUT2D eigenvalue weighted by Gasteiger charge is 2.35. The maximum Gasteiger partial charge on any atom is 0.0488 e. The predicted octanol–water partition coefficient (Wildman–Crippen LogP) is 9.09. The maximum absolute atomic E-state index is 2.40. The van der Waals surface area contributed by atoms with Gasteiger partial charge in [-0.15, -0.1) is 0 Å². The minimum Gasteiger partial charge on any atom is -0.344 e. The average molecular weight is 452 g/mol. The summed E-state index contributed by atoms with van der Waals surface area (Å²) in [5, 5.41) is 0. The van der Waals surface area contributed by atoms with Crippen molar-refractivity contribution in [1.29, 1.82) is 0 Å². The van der Waals surface area contributed by atoms with Gasteiger partial charge in [0, 0.05) is 29.4 Å². The van der Waals surface area contributed by atoms with Gasteiger partial charge in [-0.2, -0.15) is 0 Å². The molecule has 6 rings (SSSR count). The van der Waals surface area contributed by atoms with Crippen LogP contribution in [0.1, 0.15) is 25.0 Å². The van der Waals surface area contributed by atoms with Crippen LogP contribution in [0.15, 0.2) is 121 Å². The molecule has 1 aliphatic rings. The van der Waals surface area contributed by atoms with Crippen LogP contribution in [-0.2, 0) is 5.41 Å². The molecule has 0 heterocycles. The van der Waals surface area contributed by atoms with Crippen LogP contribution in [-0.4, -0.2) is 7.05 Å². The van der Waals surface area contributed by atoms with Crippen LogP contribution < -0.4 is 4.90 Å². The molecule has 0 N–H and O–H groups in total. The van der Waals surface area contributed by atoms with Gasteiger partial charge >= 0.3 is 0 Å². The summed E-state index contributed by atoms with van der Waals surface area (Å²) in [7, 11) is 2.14. The molecule has 35 heavy (non-hydrogen) atoms. The predicted molar refractivity (Wildman–Crippen MR) is 149 cm³/mol. The zero-order valence-electron chi connectivity index (χ0n) is 20.5. The summed E-state index contributed by atoms with van der Waals surface area (Å²) < 4.78 is 0. The van der Waals surface area contributed by atoms with E-state index in [1.54, 1.807) is 0 Å². The minimum atomic E-state index is -0.00232. The third-order valence-electron chi connectivity index (χ3n) is 7.50. The summed E-state index contributed by atoms with van der Waals surface area (Å²) >= 11 is 0. The monoisotopic (exact) mass is 451 g/mol. The maximum atomic E-state index is 2.40. The van der Waals surface area contributed by atoms with Crippen molar-refractivity contribution in [3.05, 3.63) is 132 Å². The molecule has 170 valence electrons. The third-order valence-corrected chi connectivity index (χ3v) is 7.50. The number of rotatable bonds is 4. The molecule has 0 bridgehead atoms. The molecule has 0 spiro atoms. The summed E-state index contributed by atoms with van der Waals surface area (Å²) in [4.78, 5) is 2.27. The summed E-state index contributed by atoms with van der Waals surface area (Å²) in [5.74, 6) is 0. The highest BCUT2D eigenvalue weighted by atomic mass is 15.1. The molecular weight excluding hydrogens is 422 g/mol. The summed E-state index contributed by atoms with van der Waals surface area (Å²) in [6, 6.07) is 43.9. The van der Waals surface area contributed by atoms with E-state index >= 15 is 0 Å². The Balaban J connectivity index is 1.48. The number of hydrogen-bond donors (Lipinski definition) is 0. The molecule has 1 aliphatic carbocycles. The second kappa shape index (κ2) is 8.29. The smallest absolute Gasteiger partial charge is 0.0488 e. The standard InChI is InChI=1S/C34H29N/c1-34(2)31-17-11-10-16-28(31)29-20-18-26(23-32(29)34)25-19-21-33(35(3)27-14-8-5-9-15-27)30(22-25)24-12-6-4-7-13-24/h4-23H,1-3H3. The molecule has 0 radical (unpaired) electrons. The molecule has 1 heteroatoms. The molecule has 0 aliphatic heterocycles. The molecule has 0 aromatic heterocycles. The van der Waals surface area contributed by atoms with Gasteiger partial charge in [-0.3, -0.25) is 0 Å². The molecular formula is C34H29N. The Kier molecular flexibility index (Phi) is 5.07. The van der Waals surface area contributed by atoms with Gasteiger partial charge in [0.2, 0.25) is 0 Å². The number of para-hydroxylation sites is 1. The van der Waals surface area contributed by atoms with Gasteiger partial charge in [0.1, 0.15) is 0 Å². The summed E-state index contributed by atoms with van der Waals surface area (Å²) in [6.07, 6.45) is 0. The van der Waals surface area contributed by atoms with E-state index in [0.717, 1.165) is 0 Å². The van der Waals surface area contributed by atoms with Gasteiger partial charge in [-0.05, 0) is 69.3 Å². The van der Waals surface area contributed by atoms with Gasteiger partial charge < -0.3 is 4.90 Å². The lowest BCUT2D eigenvalue weighted by atomic mass is 9.81. The lowest BCUT2D eigenvalue weighted by Crippen LogP contribution is -2.14. The fourth-order valence-electron chi connectivity index (χ4n) is 5.53.